The Balaban J connectivity index is 1.77. The molecule has 0 saturated carbocycles. The van der Waals surface area contributed by atoms with E-state index in [-0.39, 0.29) is 16.8 Å². The van der Waals surface area contributed by atoms with E-state index in [1.807, 2.05) is 42.2 Å². The molecule has 0 radical (unpaired) electrons. The van der Waals surface area contributed by atoms with Crippen molar-refractivity contribution in [3.63, 3.8) is 0 Å². The van der Waals surface area contributed by atoms with Crippen molar-refractivity contribution in [2.75, 3.05) is 4.72 Å². The molecule has 0 aliphatic heterocycles. The summed E-state index contributed by atoms with van der Waals surface area (Å²) in [6.45, 7) is 4.61. The highest BCUT2D eigenvalue weighted by atomic mass is 32.2. The van der Waals surface area contributed by atoms with Crippen LogP contribution in [0.25, 0.3) is 0 Å². The van der Waals surface area contributed by atoms with E-state index in [1.165, 1.54) is 12.1 Å². The van der Waals surface area contributed by atoms with Crippen LogP contribution in [-0.4, -0.2) is 25.3 Å². The zero-order valence-electron chi connectivity index (χ0n) is 17.2. The zero-order valence-corrected chi connectivity index (χ0v) is 18.0. The molecule has 0 saturated heterocycles. The number of anilines is 1. The van der Waals surface area contributed by atoms with Crippen LogP contribution in [-0.2, 0) is 16.6 Å². The predicted molar refractivity (Wildman–Crippen MR) is 120 cm³/mol. The fourth-order valence-electron chi connectivity index (χ4n) is 3.09. The maximum Gasteiger partial charge on any atom is 0.261 e. The van der Waals surface area contributed by atoms with E-state index >= 15 is 0 Å². The van der Waals surface area contributed by atoms with Crippen LogP contribution in [0.3, 0.4) is 0 Å². The van der Waals surface area contributed by atoms with Gasteiger partial charge < -0.3 is 4.90 Å². The molecule has 156 valence electrons. The monoisotopic (exact) mass is 422 g/mol. The molecular weight excluding hydrogens is 396 g/mol. The molecule has 0 aliphatic rings. The number of amides is 1. The number of nitrogens with zero attached hydrogens (tertiary/aromatic N) is 1. The smallest absolute Gasteiger partial charge is 0.261 e. The minimum absolute atomic E-state index is 0.0777. The molecule has 0 aromatic heterocycles. The first-order chi connectivity index (χ1) is 14.4. The average molecular weight is 423 g/mol. The van der Waals surface area contributed by atoms with Gasteiger partial charge in [0.15, 0.2) is 0 Å². The number of rotatable bonds is 8. The summed E-state index contributed by atoms with van der Waals surface area (Å²) in [5, 5.41) is 0. The molecule has 3 aromatic carbocycles. The molecule has 0 spiro atoms. The second-order valence-corrected chi connectivity index (χ2v) is 8.85. The van der Waals surface area contributed by atoms with Gasteiger partial charge in [0.25, 0.3) is 15.9 Å². The number of hydrogen-bond acceptors (Lipinski definition) is 3. The maximum absolute atomic E-state index is 13.2. The van der Waals surface area contributed by atoms with Gasteiger partial charge in [-0.3, -0.25) is 9.52 Å². The molecule has 0 fully saturated rings. The number of hydrogen-bond donors (Lipinski definition) is 1. The van der Waals surface area contributed by atoms with Crippen LogP contribution in [0.2, 0.25) is 0 Å². The summed E-state index contributed by atoms with van der Waals surface area (Å²) in [6, 6.07) is 24.7. The first kappa shape index (κ1) is 21.6. The predicted octanol–water partition coefficient (Wildman–Crippen LogP) is 4.93. The summed E-state index contributed by atoms with van der Waals surface area (Å²) in [5.74, 6) is -0.0781. The summed E-state index contributed by atoms with van der Waals surface area (Å²) < 4.78 is 27.5. The van der Waals surface area contributed by atoms with Gasteiger partial charge in [0, 0.05) is 23.8 Å². The van der Waals surface area contributed by atoms with Gasteiger partial charge in [0.1, 0.15) is 0 Å². The van der Waals surface area contributed by atoms with Crippen LogP contribution in [0.4, 0.5) is 5.69 Å². The van der Waals surface area contributed by atoms with Crippen LogP contribution in [0.1, 0.15) is 36.2 Å². The van der Waals surface area contributed by atoms with Crippen LogP contribution < -0.4 is 4.72 Å². The SMILES string of the molecule is CCC(C)N(Cc1ccccc1)C(=O)c1ccc(NS(=O)(=O)c2ccccc2)cc1. The van der Waals surface area contributed by atoms with Crippen molar-refractivity contribution in [3.05, 3.63) is 96.1 Å². The molecule has 3 rings (SSSR count). The lowest BCUT2D eigenvalue weighted by Gasteiger charge is -2.29. The number of carbonyl (C=O) groups excluding carboxylic acids is 1. The van der Waals surface area contributed by atoms with E-state index in [2.05, 4.69) is 11.6 Å². The molecule has 0 heterocycles. The second kappa shape index (κ2) is 9.59. The normalized spacial score (nSPS) is 12.2. The van der Waals surface area contributed by atoms with Crippen LogP contribution in [0.15, 0.2) is 89.8 Å². The van der Waals surface area contributed by atoms with Crippen molar-refractivity contribution < 1.29 is 13.2 Å². The highest BCUT2D eigenvalue weighted by Crippen LogP contribution is 2.19. The van der Waals surface area contributed by atoms with Gasteiger partial charge >= 0.3 is 0 Å². The van der Waals surface area contributed by atoms with Crippen LogP contribution >= 0.6 is 0 Å². The Kier molecular flexibility index (Phi) is 6.90. The third kappa shape index (κ3) is 5.27. The largest absolute Gasteiger partial charge is 0.332 e. The molecule has 1 amide bonds. The fraction of sp³-hybridized carbons (Fsp3) is 0.208. The third-order valence-electron chi connectivity index (χ3n) is 5.02. The summed E-state index contributed by atoms with van der Waals surface area (Å²) in [7, 11) is -3.67. The van der Waals surface area contributed by atoms with E-state index in [4.69, 9.17) is 0 Å². The Morgan fingerprint density at radius 2 is 1.47 bits per heavy atom. The molecule has 1 N–H and O–H groups in total. The lowest BCUT2D eigenvalue weighted by molar-refractivity contribution is 0.0671. The third-order valence-corrected chi connectivity index (χ3v) is 6.41. The molecule has 0 bridgehead atoms. The molecule has 6 heteroatoms. The molecular formula is C24H26N2O3S. The van der Waals surface area contributed by atoms with Gasteiger partial charge in [0.05, 0.1) is 4.90 Å². The van der Waals surface area contributed by atoms with E-state index in [0.717, 1.165) is 12.0 Å². The van der Waals surface area contributed by atoms with E-state index in [0.29, 0.717) is 17.8 Å². The van der Waals surface area contributed by atoms with Crippen molar-refractivity contribution in [2.45, 2.75) is 37.8 Å². The van der Waals surface area contributed by atoms with E-state index in [9.17, 15) is 13.2 Å². The van der Waals surface area contributed by atoms with Crippen molar-refractivity contribution in [1.82, 2.24) is 4.90 Å². The number of nitrogens with one attached hydrogen (secondary N) is 1. The minimum atomic E-state index is -3.67. The Labute approximate surface area is 178 Å². The maximum atomic E-state index is 13.2. The van der Waals surface area contributed by atoms with E-state index in [1.54, 1.807) is 42.5 Å². The van der Waals surface area contributed by atoms with Gasteiger partial charge in [-0.25, -0.2) is 8.42 Å². The lowest BCUT2D eigenvalue weighted by Crippen LogP contribution is -2.37. The molecule has 30 heavy (non-hydrogen) atoms. The summed E-state index contributed by atoms with van der Waals surface area (Å²) in [4.78, 5) is 15.2. The summed E-state index contributed by atoms with van der Waals surface area (Å²) in [5.41, 5.74) is 2.00. The van der Waals surface area contributed by atoms with Gasteiger partial charge in [0.2, 0.25) is 0 Å². The average Bonchev–Trinajstić information content (AvgIpc) is 2.78. The highest BCUT2D eigenvalue weighted by Gasteiger charge is 2.21. The van der Waals surface area contributed by atoms with Gasteiger partial charge in [-0.15, -0.1) is 0 Å². The first-order valence-electron chi connectivity index (χ1n) is 9.93. The Morgan fingerprint density at radius 1 is 0.900 bits per heavy atom. The minimum Gasteiger partial charge on any atom is -0.332 e. The van der Waals surface area contributed by atoms with Crippen molar-refractivity contribution in [2.24, 2.45) is 0 Å². The van der Waals surface area contributed by atoms with Crippen LogP contribution in [0.5, 0.6) is 0 Å². The van der Waals surface area contributed by atoms with Crippen molar-refractivity contribution in [1.29, 1.82) is 0 Å². The van der Waals surface area contributed by atoms with Crippen LogP contribution in [0, 0.1) is 0 Å². The standard InChI is InChI=1S/C24H26N2O3S/c1-3-19(2)26(18-20-10-6-4-7-11-20)24(27)21-14-16-22(17-15-21)25-30(28,29)23-12-8-5-9-13-23/h4-17,19,25H,3,18H2,1-2H3. The van der Waals surface area contributed by atoms with Gasteiger partial charge in [-0.05, 0) is 55.3 Å². The molecule has 1 atom stereocenters. The summed E-state index contributed by atoms with van der Waals surface area (Å²) >= 11 is 0. The Bertz CT molecular complexity index is 1070. The number of carbonyl (C=O) groups is 1. The van der Waals surface area contributed by atoms with Crippen molar-refractivity contribution in [3.8, 4) is 0 Å². The number of benzene rings is 3. The molecule has 0 aliphatic carbocycles. The van der Waals surface area contributed by atoms with Gasteiger partial charge in [-0.1, -0.05) is 55.5 Å². The Hall–Kier alpha value is -3.12. The topological polar surface area (TPSA) is 66.5 Å². The van der Waals surface area contributed by atoms with Crippen molar-refractivity contribution >= 4 is 21.6 Å². The molecule has 1 unspecified atom stereocenters. The quantitative estimate of drug-likeness (QED) is 0.560. The summed E-state index contributed by atoms with van der Waals surface area (Å²) in [6.07, 6.45) is 0.841. The first-order valence-corrected chi connectivity index (χ1v) is 11.4. The second-order valence-electron chi connectivity index (χ2n) is 7.17. The van der Waals surface area contributed by atoms with E-state index < -0.39 is 10.0 Å². The lowest BCUT2D eigenvalue weighted by atomic mass is 10.1. The van der Waals surface area contributed by atoms with Gasteiger partial charge in [-0.2, -0.15) is 0 Å². The zero-order chi connectivity index (χ0) is 21.6. The number of sulfonamides is 1. The Morgan fingerprint density at radius 3 is 2.03 bits per heavy atom. The molecule has 5 nitrogen and oxygen atoms in total. The fourth-order valence-corrected chi connectivity index (χ4v) is 4.17. The molecule has 3 aromatic rings. The highest BCUT2D eigenvalue weighted by molar-refractivity contribution is 7.92.